The second-order valence-corrected chi connectivity index (χ2v) is 7.15. The molecule has 1 saturated heterocycles. The molecule has 2 N–H and O–H groups in total. The quantitative estimate of drug-likeness (QED) is 0.325. The molecule has 1 aromatic carbocycles. The van der Waals surface area contributed by atoms with Crippen LogP contribution in [0.15, 0.2) is 33.8 Å². The molecular weight excluding hydrogens is 500 g/mol. The fourth-order valence-electron chi connectivity index (χ4n) is 3.61. The molecule has 3 rings (SSSR count). The molecule has 2 aromatic rings. The van der Waals surface area contributed by atoms with Crippen molar-refractivity contribution in [2.75, 3.05) is 46.4 Å². The number of morpholine rings is 1. The van der Waals surface area contributed by atoms with Crippen LogP contribution in [-0.2, 0) is 11.2 Å². The molecule has 0 spiro atoms. The lowest BCUT2D eigenvalue weighted by Gasteiger charge is -2.35. The molecule has 1 aliphatic heterocycles. The minimum absolute atomic E-state index is 0. The van der Waals surface area contributed by atoms with Crippen LogP contribution in [0.3, 0.4) is 0 Å². The van der Waals surface area contributed by atoms with Crippen LogP contribution in [0.2, 0.25) is 0 Å². The standard InChI is InChI=1S/C21H30FN5O2.HI/c1-15-19(16(2)29-26-15)8-9-24-21(23-3)25-14-20(27-10-12-28-13-11-27)17-4-6-18(22)7-5-17;/h4-7,20H,8-14H2,1-3H3,(H2,23,24,25);1H. The van der Waals surface area contributed by atoms with Gasteiger partial charge in [0.1, 0.15) is 11.6 Å². The zero-order valence-corrected chi connectivity index (χ0v) is 20.1. The number of aliphatic imine (C=N–C) groups is 1. The normalized spacial score (nSPS) is 16.1. The molecule has 0 saturated carbocycles. The highest BCUT2D eigenvalue weighted by Crippen LogP contribution is 2.21. The lowest BCUT2D eigenvalue weighted by Crippen LogP contribution is -2.46. The van der Waals surface area contributed by atoms with Gasteiger partial charge in [-0.25, -0.2) is 4.39 Å². The van der Waals surface area contributed by atoms with Crippen molar-refractivity contribution in [3.63, 3.8) is 0 Å². The van der Waals surface area contributed by atoms with Crippen LogP contribution in [0.4, 0.5) is 4.39 Å². The largest absolute Gasteiger partial charge is 0.379 e. The lowest BCUT2D eigenvalue weighted by molar-refractivity contribution is 0.0170. The summed E-state index contributed by atoms with van der Waals surface area (Å²) in [6.45, 7) is 8.39. The summed E-state index contributed by atoms with van der Waals surface area (Å²) in [5.41, 5.74) is 3.13. The van der Waals surface area contributed by atoms with Crippen molar-refractivity contribution in [2.24, 2.45) is 4.99 Å². The first kappa shape index (κ1) is 24.5. The van der Waals surface area contributed by atoms with Crippen LogP contribution in [0, 0.1) is 19.7 Å². The van der Waals surface area contributed by atoms with E-state index in [9.17, 15) is 4.39 Å². The fraction of sp³-hybridized carbons (Fsp3) is 0.524. The molecule has 0 bridgehead atoms. The predicted octanol–water partition coefficient (Wildman–Crippen LogP) is 2.83. The molecule has 1 fully saturated rings. The predicted molar refractivity (Wildman–Crippen MR) is 126 cm³/mol. The molecule has 0 amide bonds. The van der Waals surface area contributed by atoms with Gasteiger partial charge in [0.05, 0.1) is 24.9 Å². The first-order valence-electron chi connectivity index (χ1n) is 10.0. The number of hydrogen-bond acceptors (Lipinski definition) is 5. The summed E-state index contributed by atoms with van der Waals surface area (Å²) in [5.74, 6) is 1.37. The Labute approximate surface area is 194 Å². The summed E-state index contributed by atoms with van der Waals surface area (Å²) in [7, 11) is 1.76. The maximum atomic E-state index is 13.4. The van der Waals surface area contributed by atoms with Gasteiger partial charge >= 0.3 is 0 Å². The minimum atomic E-state index is -0.223. The molecule has 2 heterocycles. The number of guanidine groups is 1. The number of halogens is 2. The van der Waals surface area contributed by atoms with Crippen molar-refractivity contribution in [3.05, 3.63) is 52.7 Å². The Morgan fingerprint density at radius 1 is 1.20 bits per heavy atom. The molecule has 1 atom stereocenters. The van der Waals surface area contributed by atoms with E-state index in [2.05, 4.69) is 25.7 Å². The molecule has 0 radical (unpaired) electrons. The van der Waals surface area contributed by atoms with Crippen LogP contribution in [0.25, 0.3) is 0 Å². The number of nitrogens with one attached hydrogen (secondary N) is 2. The Balaban J connectivity index is 0.00000320. The van der Waals surface area contributed by atoms with Gasteiger partial charge in [0.15, 0.2) is 5.96 Å². The Morgan fingerprint density at radius 2 is 1.90 bits per heavy atom. The second kappa shape index (κ2) is 12.2. The fourth-order valence-corrected chi connectivity index (χ4v) is 3.61. The molecule has 7 nitrogen and oxygen atoms in total. The van der Waals surface area contributed by atoms with Crippen molar-refractivity contribution in [1.82, 2.24) is 20.7 Å². The first-order chi connectivity index (χ1) is 14.1. The average Bonchev–Trinajstić information content (AvgIpc) is 3.06. The van der Waals surface area contributed by atoms with Crippen LogP contribution in [0.1, 0.15) is 28.6 Å². The number of ether oxygens (including phenoxy) is 1. The Bertz CT molecular complexity index is 787. The van der Waals surface area contributed by atoms with E-state index >= 15 is 0 Å². The van der Waals surface area contributed by atoms with E-state index in [0.717, 1.165) is 54.6 Å². The van der Waals surface area contributed by atoms with E-state index in [-0.39, 0.29) is 35.8 Å². The van der Waals surface area contributed by atoms with Crippen molar-refractivity contribution in [2.45, 2.75) is 26.3 Å². The maximum absolute atomic E-state index is 13.4. The Kier molecular flexibility index (Phi) is 9.99. The van der Waals surface area contributed by atoms with Crippen molar-refractivity contribution < 1.29 is 13.7 Å². The molecular formula is C21H31FIN5O2. The van der Waals surface area contributed by atoms with Gasteiger partial charge in [-0.1, -0.05) is 17.3 Å². The number of nitrogens with zero attached hydrogens (tertiary/aromatic N) is 3. The molecule has 30 heavy (non-hydrogen) atoms. The Hall–Kier alpha value is -1.72. The highest BCUT2D eigenvalue weighted by molar-refractivity contribution is 14.0. The third-order valence-corrected chi connectivity index (χ3v) is 5.28. The number of benzene rings is 1. The van der Waals surface area contributed by atoms with Gasteiger partial charge in [0.25, 0.3) is 0 Å². The van der Waals surface area contributed by atoms with E-state index in [1.165, 1.54) is 12.1 Å². The zero-order chi connectivity index (χ0) is 20.6. The minimum Gasteiger partial charge on any atom is -0.379 e. The van der Waals surface area contributed by atoms with Gasteiger partial charge < -0.3 is 19.9 Å². The monoisotopic (exact) mass is 531 g/mol. The summed E-state index contributed by atoms with van der Waals surface area (Å²) < 4.78 is 24.1. The second-order valence-electron chi connectivity index (χ2n) is 7.15. The third-order valence-electron chi connectivity index (χ3n) is 5.28. The van der Waals surface area contributed by atoms with E-state index in [1.807, 2.05) is 26.0 Å². The highest BCUT2D eigenvalue weighted by atomic mass is 127. The first-order valence-corrected chi connectivity index (χ1v) is 10.0. The van der Waals surface area contributed by atoms with Crippen LogP contribution >= 0.6 is 24.0 Å². The van der Waals surface area contributed by atoms with Gasteiger partial charge in [-0.15, -0.1) is 24.0 Å². The van der Waals surface area contributed by atoms with Gasteiger partial charge in [0.2, 0.25) is 0 Å². The SMILES string of the molecule is CN=C(NCCc1c(C)noc1C)NCC(c1ccc(F)cc1)N1CCOCC1.I. The summed E-state index contributed by atoms with van der Waals surface area (Å²) >= 11 is 0. The smallest absolute Gasteiger partial charge is 0.191 e. The van der Waals surface area contributed by atoms with Gasteiger partial charge in [0, 0.05) is 38.8 Å². The van der Waals surface area contributed by atoms with Crippen molar-refractivity contribution in [1.29, 1.82) is 0 Å². The van der Waals surface area contributed by atoms with Crippen molar-refractivity contribution >= 4 is 29.9 Å². The molecule has 1 aliphatic rings. The topological polar surface area (TPSA) is 74.9 Å². The Morgan fingerprint density at radius 3 is 2.50 bits per heavy atom. The highest BCUT2D eigenvalue weighted by Gasteiger charge is 2.23. The van der Waals surface area contributed by atoms with Crippen molar-refractivity contribution in [3.8, 4) is 0 Å². The molecule has 166 valence electrons. The maximum Gasteiger partial charge on any atom is 0.191 e. The zero-order valence-electron chi connectivity index (χ0n) is 17.8. The van der Waals surface area contributed by atoms with Gasteiger partial charge in [-0.05, 0) is 38.0 Å². The summed E-state index contributed by atoms with van der Waals surface area (Å²) in [5, 5.41) is 10.8. The molecule has 9 heteroatoms. The number of rotatable bonds is 7. The van der Waals surface area contributed by atoms with Gasteiger partial charge in [-0.2, -0.15) is 0 Å². The number of hydrogen-bond donors (Lipinski definition) is 2. The van der Waals surface area contributed by atoms with E-state index < -0.39 is 0 Å². The van der Waals surface area contributed by atoms with Crippen LogP contribution < -0.4 is 10.6 Å². The summed E-state index contributed by atoms with van der Waals surface area (Å²) in [4.78, 5) is 6.69. The number of aromatic nitrogens is 1. The van der Waals surface area contributed by atoms with Gasteiger partial charge in [-0.3, -0.25) is 9.89 Å². The molecule has 0 aliphatic carbocycles. The third kappa shape index (κ3) is 6.64. The molecule has 1 aromatic heterocycles. The average molecular weight is 531 g/mol. The summed E-state index contributed by atoms with van der Waals surface area (Å²) in [6, 6.07) is 6.84. The van der Waals surface area contributed by atoms with Crippen LogP contribution in [-0.4, -0.2) is 62.5 Å². The molecule has 1 unspecified atom stereocenters. The van der Waals surface area contributed by atoms with E-state index in [0.29, 0.717) is 19.8 Å². The lowest BCUT2D eigenvalue weighted by atomic mass is 10.0. The van der Waals surface area contributed by atoms with E-state index in [4.69, 9.17) is 9.26 Å². The van der Waals surface area contributed by atoms with E-state index in [1.54, 1.807) is 7.05 Å². The summed E-state index contributed by atoms with van der Waals surface area (Å²) in [6.07, 6.45) is 0.812. The van der Waals surface area contributed by atoms with Crippen LogP contribution in [0.5, 0.6) is 0 Å². The number of aryl methyl sites for hydroxylation is 2.